The van der Waals surface area contributed by atoms with Gasteiger partial charge in [-0.2, -0.15) is 0 Å². The Hall–Kier alpha value is -1.23. The van der Waals surface area contributed by atoms with E-state index in [0.717, 1.165) is 32.3 Å². The maximum Gasteiger partial charge on any atom is 0.573 e. The second-order valence-corrected chi connectivity index (χ2v) is 5.21. The summed E-state index contributed by atoms with van der Waals surface area (Å²) in [5.74, 6) is -0.312. The topological polar surface area (TPSA) is 68.9 Å². The van der Waals surface area contributed by atoms with Gasteiger partial charge in [0.25, 0.3) is 0 Å². The number of rotatable bonds is 5. The lowest BCUT2D eigenvalue weighted by Gasteiger charge is -2.21. The largest absolute Gasteiger partial charge is 0.573 e. The number of nitrogens with two attached hydrogens (primary N) is 1. The molecule has 1 unspecified atom stereocenters. The monoisotopic (exact) mass is 459 g/mol. The molecule has 1 aromatic rings. The van der Waals surface area contributed by atoms with Gasteiger partial charge in [-0.3, -0.25) is 4.99 Å². The molecule has 0 spiro atoms. The fourth-order valence-electron chi connectivity index (χ4n) is 2.33. The first kappa shape index (κ1) is 20.8. The zero-order valence-electron chi connectivity index (χ0n) is 13.0. The van der Waals surface area contributed by atoms with Gasteiger partial charge in [0.1, 0.15) is 0 Å². The van der Waals surface area contributed by atoms with Crippen LogP contribution in [0.3, 0.4) is 0 Å². The van der Waals surface area contributed by atoms with Crippen LogP contribution in [0.2, 0.25) is 0 Å². The molecule has 9 heteroatoms. The van der Waals surface area contributed by atoms with Crippen molar-refractivity contribution in [1.82, 2.24) is 0 Å². The third kappa shape index (κ3) is 7.56. The first-order valence-electron chi connectivity index (χ1n) is 7.47. The van der Waals surface area contributed by atoms with Crippen LogP contribution < -0.4 is 15.8 Å². The van der Waals surface area contributed by atoms with Gasteiger partial charge in [-0.1, -0.05) is 12.1 Å². The van der Waals surface area contributed by atoms with E-state index in [-0.39, 0.29) is 47.5 Å². The van der Waals surface area contributed by atoms with Gasteiger partial charge in [0.2, 0.25) is 0 Å². The fraction of sp³-hybridized carbons (Fsp3) is 0.533. The fourth-order valence-corrected chi connectivity index (χ4v) is 2.33. The first-order chi connectivity index (χ1) is 10.9. The Balaban J connectivity index is 0.00000288. The third-order valence-corrected chi connectivity index (χ3v) is 3.38. The normalized spacial score (nSPS) is 18.6. The van der Waals surface area contributed by atoms with Crippen molar-refractivity contribution in [3.05, 3.63) is 24.3 Å². The Bertz CT molecular complexity index is 535. The number of nitrogens with zero attached hydrogens (tertiary/aromatic N) is 1. The van der Waals surface area contributed by atoms with Crippen molar-refractivity contribution < 1.29 is 22.6 Å². The number of hydrogen-bond donors (Lipinski definition) is 2. The molecule has 0 aliphatic carbocycles. The molecular weight excluding hydrogens is 438 g/mol. The van der Waals surface area contributed by atoms with Crippen molar-refractivity contribution in [2.75, 3.05) is 18.5 Å². The maximum atomic E-state index is 12.3. The third-order valence-electron chi connectivity index (χ3n) is 3.38. The number of hydrogen-bond acceptors (Lipinski definition) is 3. The minimum Gasteiger partial charge on any atom is -0.404 e. The molecule has 1 aliphatic heterocycles. The van der Waals surface area contributed by atoms with Crippen LogP contribution in [0.4, 0.5) is 18.9 Å². The van der Waals surface area contributed by atoms with Gasteiger partial charge in [0.15, 0.2) is 11.7 Å². The minimum atomic E-state index is -4.76. The van der Waals surface area contributed by atoms with Crippen molar-refractivity contribution >= 4 is 35.6 Å². The number of aliphatic imine (C=N–C) groups is 1. The Morgan fingerprint density at radius 2 is 2.08 bits per heavy atom. The van der Waals surface area contributed by atoms with E-state index in [0.29, 0.717) is 6.54 Å². The van der Waals surface area contributed by atoms with Gasteiger partial charge < -0.3 is 20.5 Å². The molecule has 1 saturated heterocycles. The second-order valence-electron chi connectivity index (χ2n) is 5.21. The summed E-state index contributed by atoms with van der Waals surface area (Å²) in [7, 11) is 0. The molecule has 1 atom stereocenters. The molecule has 0 amide bonds. The number of ether oxygens (including phenoxy) is 2. The smallest absolute Gasteiger partial charge is 0.404 e. The number of guanidine groups is 1. The predicted octanol–water partition coefficient (Wildman–Crippen LogP) is 3.89. The number of benzene rings is 1. The van der Waals surface area contributed by atoms with Gasteiger partial charge in [-0.25, -0.2) is 0 Å². The van der Waals surface area contributed by atoms with Crippen molar-refractivity contribution in [2.45, 2.75) is 38.1 Å². The van der Waals surface area contributed by atoms with E-state index in [4.69, 9.17) is 10.5 Å². The number of nitrogens with one attached hydrogen (secondary N) is 1. The zero-order valence-corrected chi connectivity index (χ0v) is 15.3. The molecule has 0 aromatic heterocycles. The van der Waals surface area contributed by atoms with E-state index >= 15 is 0 Å². The molecule has 0 bridgehead atoms. The highest BCUT2D eigenvalue weighted by Gasteiger charge is 2.32. The SMILES string of the molecule is I.NC(=NCCC1CCCCO1)Nc1ccccc1OC(F)(F)F. The summed E-state index contributed by atoms with van der Waals surface area (Å²) >= 11 is 0. The summed E-state index contributed by atoms with van der Waals surface area (Å²) in [6.45, 7) is 1.22. The molecule has 136 valence electrons. The number of para-hydroxylation sites is 2. The van der Waals surface area contributed by atoms with Gasteiger partial charge in [-0.05, 0) is 37.8 Å². The standard InChI is InChI=1S/C15H20F3N3O2.HI/c16-15(17,18)23-13-7-2-1-6-12(13)21-14(19)20-9-8-11-5-3-4-10-22-11;/h1-2,6-7,11H,3-5,8-10H2,(H3,19,20,21);1H. The summed E-state index contributed by atoms with van der Waals surface area (Å²) in [4.78, 5) is 4.12. The van der Waals surface area contributed by atoms with Crippen molar-refractivity contribution in [3.8, 4) is 5.75 Å². The first-order valence-corrected chi connectivity index (χ1v) is 7.47. The summed E-state index contributed by atoms with van der Waals surface area (Å²) in [6, 6.07) is 5.67. The molecule has 1 heterocycles. The van der Waals surface area contributed by atoms with Gasteiger partial charge >= 0.3 is 6.36 Å². The Labute approximate surface area is 155 Å². The highest BCUT2D eigenvalue weighted by molar-refractivity contribution is 14.0. The van der Waals surface area contributed by atoms with E-state index in [1.54, 1.807) is 6.07 Å². The highest BCUT2D eigenvalue weighted by atomic mass is 127. The van der Waals surface area contributed by atoms with Crippen LogP contribution in [0.15, 0.2) is 29.3 Å². The van der Waals surface area contributed by atoms with Crippen LogP contribution in [0.1, 0.15) is 25.7 Å². The van der Waals surface area contributed by atoms with Crippen molar-refractivity contribution in [3.63, 3.8) is 0 Å². The quantitative estimate of drug-likeness (QED) is 0.399. The summed E-state index contributed by atoms with van der Waals surface area (Å²) in [5.41, 5.74) is 5.83. The minimum absolute atomic E-state index is 0. The highest BCUT2D eigenvalue weighted by Crippen LogP contribution is 2.29. The van der Waals surface area contributed by atoms with Crippen molar-refractivity contribution in [2.24, 2.45) is 10.7 Å². The molecule has 1 aliphatic rings. The van der Waals surface area contributed by atoms with Crippen LogP contribution >= 0.6 is 24.0 Å². The van der Waals surface area contributed by atoms with Crippen LogP contribution in [-0.2, 0) is 4.74 Å². The van der Waals surface area contributed by atoms with E-state index < -0.39 is 6.36 Å². The molecule has 0 radical (unpaired) electrons. The van der Waals surface area contributed by atoms with Gasteiger partial charge in [-0.15, -0.1) is 37.1 Å². The average molecular weight is 459 g/mol. The molecule has 24 heavy (non-hydrogen) atoms. The zero-order chi connectivity index (χ0) is 16.7. The van der Waals surface area contributed by atoms with Crippen LogP contribution in [0, 0.1) is 0 Å². The number of halogens is 4. The van der Waals surface area contributed by atoms with E-state index in [1.165, 1.54) is 18.2 Å². The lowest BCUT2D eigenvalue weighted by molar-refractivity contribution is -0.274. The number of anilines is 1. The lowest BCUT2D eigenvalue weighted by atomic mass is 10.1. The maximum absolute atomic E-state index is 12.3. The number of alkyl halides is 3. The summed E-state index contributed by atoms with van der Waals surface area (Å²) < 4.78 is 46.5. The Morgan fingerprint density at radius 3 is 2.75 bits per heavy atom. The van der Waals surface area contributed by atoms with Gasteiger partial charge in [0.05, 0.1) is 11.8 Å². The molecule has 3 N–H and O–H groups in total. The Morgan fingerprint density at radius 1 is 1.33 bits per heavy atom. The van der Waals surface area contributed by atoms with E-state index in [9.17, 15) is 13.2 Å². The van der Waals surface area contributed by atoms with Gasteiger partial charge in [0, 0.05) is 13.2 Å². The predicted molar refractivity (Wildman–Crippen MR) is 96.9 cm³/mol. The lowest BCUT2D eigenvalue weighted by Crippen LogP contribution is -2.25. The molecule has 0 saturated carbocycles. The summed E-state index contributed by atoms with van der Waals surface area (Å²) in [6.07, 6.45) is -0.610. The molecule has 1 fully saturated rings. The van der Waals surface area contributed by atoms with Crippen LogP contribution in [0.5, 0.6) is 5.75 Å². The van der Waals surface area contributed by atoms with E-state index in [1.807, 2.05) is 0 Å². The molecule has 2 rings (SSSR count). The van der Waals surface area contributed by atoms with Crippen LogP contribution in [-0.4, -0.2) is 31.6 Å². The average Bonchev–Trinajstić information content (AvgIpc) is 2.49. The van der Waals surface area contributed by atoms with Crippen molar-refractivity contribution in [1.29, 1.82) is 0 Å². The summed E-state index contributed by atoms with van der Waals surface area (Å²) in [5, 5.41) is 2.63. The molecule has 5 nitrogen and oxygen atoms in total. The molecular formula is C15H21F3IN3O2. The van der Waals surface area contributed by atoms with Crippen LogP contribution in [0.25, 0.3) is 0 Å². The Kier molecular flexibility index (Phi) is 8.60. The van der Waals surface area contributed by atoms with E-state index in [2.05, 4.69) is 15.0 Å². The molecule has 1 aromatic carbocycles. The second kappa shape index (κ2) is 9.92.